The highest BCUT2D eigenvalue weighted by atomic mass is 16.4. The zero-order chi connectivity index (χ0) is 9.68. The minimum atomic E-state index is -1.11. The van der Waals surface area contributed by atoms with Gasteiger partial charge < -0.3 is 5.11 Å². The summed E-state index contributed by atoms with van der Waals surface area (Å²) in [6.45, 7) is 0. The molecule has 0 aliphatic heterocycles. The number of rotatable bonds is 3. The van der Waals surface area contributed by atoms with Crippen LogP contribution in [0.25, 0.3) is 0 Å². The molecule has 0 bridgehead atoms. The zero-order valence-electron chi connectivity index (χ0n) is 6.77. The predicted molar refractivity (Wildman–Crippen MR) is 42.9 cm³/mol. The van der Waals surface area contributed by atoms with Crippen LogP contribution in [-0.4, -0.2) is 21.0 Å². The molecule has 0 aliphatic carbocycles. The Labute approximate surface area is 74.7 Å². The predicted octanol–water partition coefficient (Wildman–Crippen LogP) is 0.631. The first-order chi connectivity index (χ1) is 6.25. The smallest absolute Gasteiger partial charge is 0.356 e. The average molecular weight is 177 g/mol. The molecular formula is C8H7N3O2. The molecule has 0 aromatic carbocycles. The summed E-state index contributed by atoms with van der Waals surface area (Å²) in [6, 6.07) is 1.92. The Kier molecular flexibility index (Phi) is 2.92. The summed E-state index contributed by atoms with van der Waals surface area (Å²) >= 11 is 0. The summed E-state index contributed by atoms with van der Waals surface area (Å²) in [4.78, 5) is 18.1. The first kappa shape index (κ1) is 9.13. The zero-order valence-corrected chi connectivity index (χ0v) is 6.77. The van der Waals surface area contributed by atoms with Gasteiger partial charge in [0.1, 0.15) is 0 Å². The standard InChI is InChI=1S/C8H7N3O2/c9-3-1-2-6-7(8(12)13)11-5-4-10-6/h4-5H,1-2H2,(H,12,13). The van der Waals surface area contributed by atoms with Crippen LogP contribution in [0.2, 0.25) is 0 Å². The molecule has 0 saturated carbocycles. The number of carbonyl (C=O) groups is 1. The maximum Gasteiger partial charge on any atom is 0.356 e. The van der Waals surface area contributed by atoms with E-state index in [2.05, 4.69) is 9.97 Å². The Hall–Kier alpha value is -1.96. The van der Waals surface area contributed by atoms with Crippen LogP contribution in [0.15, 0.2) is 12.4 Å². The molecule has 13 heavy (non-hydrogen) atoms. The van der Waals surface area contributed by atoms with Crippen molar-refractivity contribution in [1.29, 1.82) is 5.26 Å². The van der Waals surface area contributed by atoms with Gasteiger partial charge in [0.15, 0.2) is 5.69 Å². The molecular weight excluding hydrogens is 170 g/mol. The molecule has 1 aromatic heterocycles. The van der Waals surface area contributed by atoms with Crippen molar-refractivity contribution in [2.45, 2.75) is 12.8 Å². The van der Waals surface area contributed by atoms with Crippen LogP contribution in [0.3, 0.4) is 0 Å². The van der Waals surface area contributed by atoms with Crippen molar-refractivity contribution in [1.82, 2.24) is 9.97 Å². The van der Waals surface area contributed by atoms with E-state index in [0.717, 1.165) is 0 Å². The van der Waals surface area contributed by atoms with Crippen molar-refractivity contribution >= 4 is 5.97 Å². The SMILES string of the molecule is N#CCCc1nccnc1C(=O)O. The molecule has 0 saturated heterocycles. The molecule has 1 N–H and O–H groups in total. The molecule has 0 amide bonds. The first-order valence-corrected chi connectivity index (χ1v) is 3.66. The maximum absolute atomic E-state index is 10.6. The van der Waals surface area contributed by atoms with E-state index in [9.17, 15) is 4.79 Å². The Balaban J connectivity index is 2.92. The van der Waals surface area contributed by atoms with Gasteiger partial charge in [-0.05, 0) is 0 Å². The number of hydrogen-bond donors (Lipinski definition) is 1. The summed E-state index contributed by atoms with van der Waals surface area (Å²) in [6.07, 6.45) is 3.31. The lowest BCUT2D eigenvalue weighted by Gasteiger charge is -1.99. The van der Waals surface area contributed by atoms with Gasteiger partial charge in [0.2, 0.25) is 0 Å². The van der Waals surface area contributed by atoms with E-state index in [1.807, 2.05) is 6.07 Å². The molecule has 0 fully saturated rings. The number of carboxylic acids is 1. The lowest BCUT2D eigenvalue weighted by atomic mass is 10.2. The number of aromatic carboxylic acids is 1. The average Bonchev–Trinajstić information content (AvgIpc) is 2.15. The van der Waals surface area contributed by atoms with Gasteiger partial charge in [-0.1, -0.05) is 0 Å². The van der Waals surface area contributed by atoms with E-state index in [0.29, 0.717) is 12.1 Å². The monoisotopic (exact) mass is 177 g/mol. The normalized spacial score (nSPS) is 9.15. The molecule has 1 heterocycles. The Bertz CT molecular complexity index is 357. The third-order valence-electron chi connectivity index (χ3n) is 1.45. The van der Waals surface area contributed by atoms with Gasteiger partial charge in [0.05, 0.1) is 11.8 Å². The summed E-state index contributed by atoms with van der Waals surface area (Å²) in [7, 11) is 0. The first-order valence-electron chi connectivity index (χ1n) is 3.66. The fraction of sp³-hybridized carbons (Fsp3) is 0.250. The molecule has 1 aromatic rings. The van der Waals surface area contributed by atoms with Crippen molar-refractivity contribution in [3.8, 4) is 6.07 Å². The minimum Gasteiger partial charge on any atom is -0.476 e. The van der Waals surface area contributed by atoms with Crippen LogP contribution in [0.5, 0.6) is 0 Å². The Morgan fingerprint density at radius 2 is 2.23 bits per heavy atom. The van der Waals surface area contributed by atoms with Crippen molar-refractivity contribution in [3.05, 3.63) is 23.8 Å². The highest BCUT2D eigenvalue weighted by Gasteiger charge is 2.11. The van der Waals surface area contributed by atoms with E-state index < -0.39 is 5.97 Å². The van der Waals surface area contributed by atoms with E-state index in [-0.39, 0.29) is 12.1 Å². The summed E-state index contributed by atoms with van der Waals surface area (Å²) < 4.78 is 0. The molecule has 0 unspecified atom stereocenters. The van der Waals surface area contributed by atoms with Crippen LogP contribution in [0.4, 0.5) is 0 Å². The number of nitrogens with zero attached hydrogens (tertiary/aromatic N) is 3. The number of carboxylic acid groups (broad SMARTS) is 1. The minimum absolute atomic E-state index is 0.0715. The van der Waals surface area contributed by atoms with Crippen LogP contribution in [0, 0.1) is 11.3 Å². The third-order valence-corrected chi connectivity index (χ3v) is 1.45. The molecule has 0 atom stereocenters. The lowest BCUT2D eigenvalue weighted by molar-refractivity contribution is 0.0688. The topological polar surface area (TPSA) is 86.9 Å². The molecule has 5 nitrogen and oxygen atoms in total. The van der Waals surface area contributed by atoms with E-state index in [1.54, 1.807) is 0 Å². The molecule has 0 aliphatic rings. The van der Waals surface area contributed by atoms with Crippen LogP contribution >= 0.6 is 0 Å². The van der Waals surface area contributed by atoms with Crippen LogP contribution in [-0.2, 0) is 6.42 Å². The molecule has 5 heteroatoms. The quantitative estimate of drug-likeness (QED) is 0.731. The number of nitriles is 1. The van der Waals surface area contributed by atoms with Crippen molar-refractivity contribution < 1.29 is 9.90 Å². The fourth-order valence-corrected chi connectivity index (χ4v) is 0.903. The van der Waals surface area contributed by atoms with Gasteiger partial charge in [-0.3, -0.25) is 4.98 Å². The molecule has 1 rings (SSSR count). The summed E-state index contributed by atoms with van der Waals surface area (Å²) in [5.74, 6) is -1.11. The van der Waals surface area contributed by atoms with Gasteiger partial charge in [-0.25, -0.2) is 9.78 Å². The third kappa shape index (κ3) is 2.24. The van der Waals surface area contributed by atoms with Gasteiger partial charge in [0, 0.05) is 25.2 Å². The molecule has 66 valence electrons. The highest BCUT2D eigenvalue weighted by molar-refractivity contribution is 5.86. The van der Waals surface area contributed by atoms with Crippen molar-refractivity contribution in [2.24, 2.45) is 0 Å². The molecule has 0 radical (unpaired) electrons. The van der Waals surface area contributed by atoms with E-state index in [1.165, 1.54) is 12.4 Å². The number of aromatic nitrogens is 2. The second-order valence-corrected chi connectivity index (χ2v) is 2.31. The fourth-order valence-electron chi connectivity index (χ4n) is 0.903. The van der Waals surface area contributed by atoms with Crippen LogP contribution < -0.4 is 0 Å². The highest BCUT2D eigenvalue weighted by Crippen LogP contribution is 2.03. The van der Waals surface area contributed by atoms with Gasteiger partial charge in [0.25, 0.3) is 0 Å². The van der Waals surface area contributed by atoms with Crippen molar-refractivity contribution in [3.63, 3.8) is 0 Å². The van der Waals surface area contributed by atoms with Gasteiger partial charge in [-0.2, -0.15) is 5.26 Å². The van der Waals surface area contributed by atoms with E-state index >= 15 is 0 Å². The summed E-state index contributed by atoms with van der Waals surface area (Å²) in [5, 5.41) is 17.0. The molecule has 0 spiro atoms. The van der Waals surface area contributed by atoms with Gasteiger partial charge >= 0.3 is 5.97 Å². The second kappa shape index (κ2) is 4.16. The van der Waals surface area contributed by atoms with Gasteiger partial charge in [-0.15, -0.1) is 0 Å². The number of hydrogen-bond acceptors (Lipinski definition) is 4. The Morgan fingerprint density at radius 1 is 1.54 bits per heavy atom. The Morgan fingerprint density at radius 3 is 2.85 bits per heavy atom. The maximum atomic E-state index is 10.6. The second-order valence-electron chi connectivity index (χ2n) is 2.31. The van der Waals surface area contributed by atoms with Crippen molar-refractivity contribution in [2.75, 3.05) is 0 Å². The summed E-state index contributed by atoms with van der Waals surface area (Å²) in [5.41, 5.74) is 0.286. The number of aryl methyl sites for hydroxylation is 1. The largest absolute Gasteiger partial charge is 0.476 e. The van der Waals surface area contributed by atoms with Crippen LogP contribution in [0.1, 0.15) is 22.6 Å². The lowest BCUT2D eigenvalue weighted by Crippen LogP contribution is -2.07. The van der Waals surface area contributed by atoms with E-state index in [4.69, 9.17) is 10.4 Å².